The molecule has 1 N–H and O–H groups in total. The molecule has 220 valence electrons. The number of carbonyl (C=O) groups is 2. The Kier molecular flexibility index (Phi) is 8.56. The minimum atomic E-state index is -0.428. The highest BCUT2D eigenvalue weighted by Gasteiger charge is 2.41. The molecule has 0 fully saturated rings. The zero-order chi connectivity index (χ0) is 30.0. The van der Waals surface area contributed by atoms with Crippen LogP contribution in [0.2, 0.25) is 5.02 Å². The summed E-state index contributed by atoms with van der Waals surface area (Å²) < 4.78 is 18.4. The van der Waals surface area contributed by atoms with E-state index in [1.54, 1.807) is 43.4 Å². The van der Waals surface area contributed by atoms with E-state index in [0.717, 1.165) is 16.8 Å². The summed E-state index contributed by atoms with van der Waals surface area (Å²) in [7, 11) is 3.23. The molecule has 0 radical (unpaired) electrons. The van der Waals surface area contributed by atoms with Crippen LogP contribution in [0.4, 0.5) is 5.82 Å². The van der Waals surface area contributed by atoms with E-state index in [4.69, 9.17) is 30.6 Å². The molecule has 1 atom stereocenters. The van der Waals surface area contributed by atoms with Crippen LogP contribution in [-0.4, -0.2) is 48.1 Å². The molecule has 11 heteroatoms. The smallest absolute Gasteiger partial charge is 0.240 e. The van der Waals surface area contributed by atoms with Gasteiger partial charge in [-0.1, -0.05) is 44.5 Å². The Morgan fingerprint density at radius 1 is 1.14 bits per heavy atom. The van der Waals surface area contributed by atoms with E-state index in [1.807, 2.05) is 36.4 Å². The first-order chi connectivity index (χ1) is 20.1. The minimum absolute atomic E-state index is 0.122. The lowest BCUT2D eigenvalue weighted by molar-refractivity contribution is -0.123. The molecule has 1 aliphatic rings. The molecule has 1 unspecified atom stereocenters. The van der Waals surface area contributed by atoms with Crippen LogP contribution in [0.25, 0.3) is 5.69 Å². The second-order valence-electron chi connectivity index (χ2n) is 10.8. The summed E-state index contributed by atoms with van der Waals surface area (Å²) >= 11 is 8.17. The maximum atomic E-state index is 13.9. The third-order valence-corrected chi connectivity index (χ3v) is 8.50. The summed E-state index contributed by atoms with van der Waals surface area (Å²) in [6.45, 7) is 6.21. The fourth-order valence-corrected chi connectivity index (χ4v) is 6.38. The van der Waals surface area contributed by atoms with Gasteiger partial charge in [0, 0.05) is 16.5 Å². The van der Waals surface area contributed by atoms with Crippen LogP contribution in [0, 0.1) is 0 Å². The molecule has 1 aliphatic heterocycles. The standard InChI is InChI=1S/C31H33ClN4O5S/c1-31(2,3)29-27-28(21-15-19(39-4)12-13-24(21)40-5)42-18-26(38)35(17-25(37)33-16-20-9-8-14-41-20)30(27)36(34-29)23-11-7-6-10-22(23)32/h6-15,28H,16-18H2,1-5H3,(H,33,37). The number of fused-ring (bicyclic) bond motifs is 1. The van der Waals surface area contributed by atoms with Gasteiger partial charge in [-0.2, -0.15) is 5.10 Å². The van der Waals surface area contributed by atoms with Gasteiger partial charge in [0.15, 0.2) is 0 Å². The van der Waals surface area contributed by atoms with E-state index in [-0.39, 0.29) is 35.9 Å². The fraction of sp³-hybridized carbons (Fsp3) is 0.323. The normalized spacial score (nSPS) is 15.2. The highest BCUT2D eigenvalue weighted by atomic mass is 35.5. The predicted molar refractivity (Wildman–Crippen MR) is 164 cm³/mol. The molecular weight excluding hydrogens is 576 g/mol. The Bertz CT molecular complexity index is 1600. The van der Waals surface area contributed by atoms with Crippen LogP contribution in [0.3, 0.4) is 0 Å². The van der Waals surface area contributed by atoms with E-state index in [1.165, 1.54) is 16.7 Å². The fourth-order valence-electron chi connectivity index (χ4n) is 4.95. The maximum absolute atomic E-state index is 13.9. The number of nitrogens with zero attached hydrogens (tertiary/aromatic N) is 3. The number of benzene rings is 2. The highest BCUT2D eigenvalue weighted by Crippen LogP contribution is 2.51. The van der Waals surface area contributed by atoms with E-state index in [9.17, 15) is 9.59 Å². The number of rotatable bonds is 8. The Morgan fingerprint density at radius 3 is 2.60 bits per heavy atom. The molecular formula is C31H33ClN4O5S. The minimum Gasteiger partial charge on any atom is -0.497 e. The van der Waals surface area contributed by atoms with Crippen LogP contribution in [0.5, 0.6) is 11.5 Å². The molecule has 0 bridgehead atoms. The number of anilines is 1. The van der Waals surface area contributed by atoms with Gasteiger partial charge >= 0.3 is 0 Å². The Labute approximate surface area is 254 Å². The Hall–Kier alpha value is -3.89. The van der Waals surface area contributed by atoms with Crippen molar-refractivity contribution in [3.63, 3.8) is 0 Å². The topological polar surface area (TPSA) is 98.8 Å². The van der Waals surface area contributed by atoms with Crippen molar-refractivity contribution in [2.75, 3.05) is 31.4 Å². The van der Waals surface area contributed by atoms with Crippen molar-refractivity contribution >= 4 is 41.0 Å². The van der Waals surface area contributed by atoms with Gasteiger partial charge < -0.3 is 19.2 Å². The Morgan fingerprint density at radius 2 is 1.93 bits per heavy atom. The monoisotopic (exact) mass is 608 g/mol. The number of para-hydroxylation sites is 1. The number of carbonyl (C=O) groups excluding carboxylic acids is 2. The lowest BCUT2D eigenvalue weighted by Gasteiger charge is -2.25. The quantitative estimate of drug-likeness (QED) is 0.265. The summed E-state index contributed by atoms with van der Waals surface area (Å²) in [4.78, 5) is 28.7. The molecule has 2 aromatic carbocycles. The third kappa shape index (κ3) is 5.87. The zero-order valence-corrected chi connectivity index (χ0v) is 25.7. The van der Waals surface area contributed by atoms with Crippen LogP contribution in [0.1, 0.15) is 48.6 Å². The molecule has 2 aromatic heterocycles. The van der Waals surface area contributed by atoms with Crippen LogP contribution in [0.15, 0.2) is 65.3 Å². The number of aromatic nitrogens is 2. The summed E-state index contributed by atoms with van der Waals surface area (Å²) in [5.41, 5.74) is 2.59. The number of nitrogens with one attached hydrogen (secondary N) is 1. The van der Waals surface area contributed by atoms with Gasteiger partial charge in [-0.3, -0.25) is 14.5 Å². The number of furan rings is 1. The second-order valence-corrected chi connectivity index (χ2v) is 12.3. The molecule has 0 saturated carbocycles. The Balaban J connectivity index is 1.73. The van der Waals surface area contributed by atoms with Gasteiger partial charge in [0.1, 0.15) is 29.6 Å². The predicted octanol–water partition coefficient (Wildman–Crippen LogP) is 5.92. The maximum Gasteiger partial charge on any atom is 0.240 e. The van der Waals surface area contributed by atoms with Crippen LogP contribution >= 0.6 is 23.4 Å². The first-order valence-corrected chi connectivity index (χ1v) is 14.9. The van der Waals surface area contributed by atoms with Crippen molar-refractivity contribution in [3.05, 3.63) is 88.5 Å². The van der Waals surface area contributed by atoms with E-state index in [2.05, 4.69) is 26.1 Å². The van der Waals surface area contributed by atoms with Crippen molar-refractivity contribution in [3.8, 4) is 17.2 Å². The van der Waals surface area contributed by atoms with Gasteiger partial charge in [-0.05, 0) is 42.5 Å². The zero-order valence-electron chi connectivity index (χ0n) is 24.1. The molecule has 4 aromatic rings. The number of methoxy groups -OCH3 is 2. The van der Waals surface area contributed by atoms with E-state index < -0.39 is 5.41 Å². The van der Waals surface area contributed by atoms with Crippen molar-refractivity contribution in [1.82, 2.24) is 15.1 Å². The summed E-state index contributed by atoms with van der Waals surface area (Å²) in [5.74, 6) is 1.98. The van der Waals surface area contributed by atoms with Gasteiger partial charge in [0.2, 0.25) is 11.8 Å². The van der Waals surface area contributed by atoms with Crippen LogP contribution in [-0.2, 0) is 21.5 Å². The number of ether oxygens (including phenoxy) is 2. The van der Waals surface area contributed by atoms with Gasteiger partial charge in [-0.15, -0.1) is 11.8 Å². The molecule has 0 spiro atoms. The molecule has 5 rings (SSSR count). The highest BCUT2D eigenvalue weighted by molar-refractivity contribution is 8.00. The molecule has 2 amide bonds. The first-order valence-electron chi connectivity index (χ1n) is 13.4. The van der Waals surface area contributed by atoms with Crippen molar-refractivity contribution in [2.45, 2.75) is 38.0 Å². The van der Waals surface area contributed by atoms with Crippen molar-refractivity contribution in [1.29, 1.82) is 0 Å². The third-order valence-electron chi connectivity index (χ3n) is 6.94. The number of amides is 2. The average Bonchev–Trinajstić information content (AvgIpc) is 3.61. The molecule has 0 saturated heterocycles. The van der Waals surface area contributed by atoms with Gasteiger partial charge in [0.05, 0.1) is 54.4 Å². The summed E-state index contributed by atoms with van der Waals surface area (Å²) in [6.07, 6.45) is 1.55. The van der Waals surface area contributed by atoms with Crippen molar-refractivity contribution in [2.24, 2.45) is 0 Å². The van der Waals surface area contributed by atoms with E-state index in [0.29, 0.717) is 33.8 Å². The number of halogens is 1. The second kappa shape index (κ2) is 12.1. The number of hydrogen-bond donors (Lipinski definition) is 1. The molecule has 9 nitrogen and oxygen atoms in total. The van der Waals surface area contributed by atoms with Gasteiger partial charge in [-0.25, -0.2) is 4.68 Å². The molecule has 3 heterocycles. The number of hydrogen-bond acceptors (Lipinski definition) is 7. The van der Waals surface area contributed by atoms with Crippen molar-refractivity contribution < 1.29 is 23.5 Å². The molecule has 0 aliphatic carbocycles. The summed E-state index contributed by atoms with van der Waals surface area (Å²) in [5, 5.41) is 8.05. The lowest BCUT2D eigenvalue weighted by atomic mass is 9.87. The average molecular weight is 609 g/mol. The summed E-state index contributed by atoms with van der Waals surface area (Å²) in [6, 6.07) is 16.5. The lowest BCUT2D eigenvalue weighted by Crippen LogP contribution is -2.42. The molecule has 42 heavy (non-hydrogen) atoms. The van der Waals surface area contributed by atoms with E-state index >= 15 is 0 Å². The van der Waals surface area contributed by atoms with Gasteiger partial charge in [0.25, 0.3) is 0 Å². The van der Waals surface area contributed by atoms with Crippen LogP contribution < -0.4 is 19.7 Å². The first kappa shape index (κ1) is 29.6. The largest absolute Gasteiger partial charge is 0.497 e. The number of thioether (sulfide) groups is 1. The SMILES string of the molecule is COc1ccc(OC)c(C2SCC(=O)N(CC(=O)NCc3ccco3)c3c2c(C(C)(C)C)nn3-c2ccccc2Cl)c1.